The fourth-order valence-corrected chi connectivity index (χ4v) is 2.29. The lowest BCUT2D eigenvalue weighted by Crippen LogP contribution is -2.41. The van der Waals surface area contributed by atoms with Gasteiger partial charge in [-0.25, -0.2) is 0 Å². The van der Waals surface area contributed by atoms with E-state index < -0.39 is 0 Å². The molecule has 0 bridgehead atoms. The maximum atomic E-state index is 10.6. The fraction of sp³-hybridized carbons (Fsp3) is 0.500. The molecule has 1 fully saturated rings. The molecule has 1 aliphatic heterocycles. The summed E-state index contributed by atoms with van der Waals surface area (Å²) in [5.74, 6) is 0. The number of nitro benzene ring substituents is 1. The minimum atomic E-state index is -0.356. The Balaban J connectivity index is 2.23. The van der Waals surface area contributed by atoms with Gasteiger partial charge in [0, 0.05) is 24.1 Å². The van der Waals surface area contributed by atoms with Crippen LogP contribution in [0.2, 0.25) is 0 Å². The number of rotatable bonds is 2. The molecule has 0 saturated carbocycles. The van der Waals surface area contributed by atoms with Crippen LogP contribution in [0.15, 0.2) is 24.3 Å². The van der Waals surface area contributed by atoms with Crippen molar-refractivity contribution in [1.82, 2.24) is 5.32 Å². The van der Waals surface area contributed by atoms with Crippen molar-refractivity contribution in [3.05, 3.63) is 39.9 Å². The lowest BCUT2D eigenvalue weighted by atomic mass is 9.76. The van der Waals surface area contributed by atoms with Gasteiger partial charge < -0.3 is 5.32 Å². The third kappa shape index (κ3) is 2.07. The number of piperidine rings is 1. The maximum absolute atomic E-state index is 10.6. The Bertz CT molecular complexity index is 381. The van der Waals surface area contributed by atoms with Crippen molar-refractivity contribution in [3.8, 4) is 0 Å². The van der Waals surface area contributed by atoms with Crippen molar-refractivity contribution in [1.29, 1.82) is 0 Å². The Hall–Kier alpha value is -1.42. The van der Waals surface area contributed by atoms with Gasteiger partial charge >= 0.3 is 0 Å². The molecule has 1 aromatic carbocycles. The lowest BCUT2D eigenvalue weighted by Gasteiger charge is -2.34. The van der Waals surface area contributed by atoms with E-state index in [2.05, 4.69) is 12.2 Å². The molecular weight excluding hydrogens is 204 g/mol. The van der Waals surface area contributed by atoms with E-state index in [1.807, 2.05) is 12.1 Å². The molecule has 2 rings (SSSR count). The third-order valence-electron chi connectivity index (χ3n) is 3.37. The summed E-state index contributed by atoms with van der Waals surface area (Å²) in [7, 11) is 0. The normalized spacial score (nSPS) is 25.3. The highest BCUT2D eigenvalue weighted by molar-refractivity contribution is 5.36. The summed E-state index contributed by atoms with van der Waals surface area (Å²) >= 11 is 0. The lowest BCUT2D eigenvalue weighted by molar-refractivity contribution is -0.384. The van der Waals surface area contributed by atoms with Gasteiger partial charge in [0.2, 0.25) is 0 Å². The van der Waals surface area contributed by atoms with Gasteiger partial charge in [0.25, 0.3) is 5.69 Å². The molecule has 4 heteroatoms. The van der Waals surface area contributed by atoms with Crippen LogP contribution in [0.3, 0.4) is 0 Å². The standard InChI is InChI=1S/C12H16N2O2/c1-12(7-2-8-13-9-12)10-3-5-11(6-4-10)14(15)16/h3-6,13H,2,7-9H2,1H3. The van der Waals surface area contributed by atoms with Crippen LogP contribution in [0.4, 0.5) is 5.69 Å². The monoisotopic (exact) mass is 220 g/mol. The van der Waals surface area contributed by atoms with Gasteiger partial charge in [-0.15, -0.1) is 0 Å². The number of hydrogen-bond acceptors (Lipinski definition) is 3. The second-order valence-electron chi connectivity index (χ2n) is 4.64. The molecule has 1 saturated heterocycles. The van der Waals surface area contributed by atoms with Crippen LogP contribution in [-0.2, 0) is 5.41 Å². The minimum absolute atomic E-state index is 0.118. The summed E-state index contributed by atoms with van der Waals surface area (Å²) in [4.78, 5) is 10.2. The molecule has 1 unspecified atom stereocenters. The first-order valence-corrected chi connectivity index (χ1v) is 5.57. The molecule has 1 aromatic rings. The number of benzene rings is 1. The Morgan fingerprint density at radius 2 is 2.06 bits per heavy atom. The molecule has 1 atom stereocenters. The van der Waals surface area contributed by atoms with Gasteiger partial charge in [0.1, 0.15) is 0 Å². The van der Waals surface area contributed by atoms with Crippen LogP contribution in [-0.4, -0.2) is 18.0 Å². The minimum Gasteiger partial charge on any atom is -0.316 e. The van der Waals surface area contributed by atoms with Crippen LogP contribution in [0, 0.1) is 10.1 Å². The Kier molecular flexibility index (Phi) is 2.92. The summed E-state index contributed by atoms with van der Waals surface area (Å²) in [6.45, 7) is 4.23. The zero-order chi connectivity index (χ0) is 11.6. The van der Waals surface area contributed by atoms with Crippen molar-refractivity contribution in [2.45, 2.75) is 25.2 Å². The van der Waals surface area contributed by atoms with Gasteiger partial charge in [-0.3, -0.25) is 10.1 Å². The van der Waals surface area contributed by atoms with Gasteiger partial charge in [-0.05, 0) is 24.9 Å². The molecule has 0 radical (unpaired) electrons. The van der Waals surface area contributed by atoms with Crippen LogP contribution in [0.25, 0.3) is 0 Å². The van der Waals surface area contributed by atoms with Crippen LogP contribution < -0.4 is 5.32 Å². The number of nitro groups is 1. The first-order valence-electron chi connectivity index (χ1n) is 5.57. The van der Waals surface area contributed by atoms with E-state index in [0.29, 0.717) is 0 Å². The molecule has 0 aliphatic carbocycles. The molecule has 0 aromatic heterocycles. The van der Waals surface area contributed by atoms with Gasteiger partial charge in [0.15, 0.2) is 0 Å². The molecule has 16 heavy (non-hydrogen) atoms. The summed E-state index contributed by atoms with van der Waals surface area (Å²) in [5, 5.41) is 13.9. The van der Waals surface area contributed by atoms with E-state index in [0.717, 1.165) is 25.9 Å². The maximum Gasteiger partial charge on any atom is 0.269 e. The Morgan fingerprint density at radius 1 is 1.38 bits per heavy atom. The summed E-state index contributed by atoms with van der Waals surface area (Å²) in [5.41, 5.74) is 1.47. The molecule has 86 valence electrons. The SMILES string of the molecule is CC1(c2ccc([N+](=O)[O-])cc2)CCCNC1. The number of hydrogen-bond donors (Lipinski definition) is 1. The first-order chi connectivity index (χ1) is 7.62. The van der Waals surface area contributed by atoms with E-state index in [1.54, 1.807) is 12.1 Å². The zero-order valence-corrected chi connectivity index (χ0v) is 9.40. The topological polar surface area (TPSA) is 55.2 Å². The van der Waals surface area contributed by atoms with Crippen molar-refractivity contribution < 1.29 is 4.92 Å². The van der Waals surface area contributed by atoms with Gasteiger partial charge in [-0.2, -0.15) is 0 Å². The second-order valence-corrected chi connectivity index (χ2v) is 4.64. The van der Waals surface area contributed by atoms with Gasteiger partial charge in [-0.1, -0.05) is 19.1 Å². The third-order valence-corrected chi connectivity index (χ3v) is 3.37. The van der Waals surface area contributed by atoms with Crippen molar-refractivity contribution >= 4 is 5.69 Å². The van der Waals surface area contributed by atoms with E-state index in [-0.39, 0.29) is 16.0 Å². The van der Waals surface area contributed by atoms with E-state index in [9.17, 15) is 10.1 Å². The van der Waals surface area contributed by atoms with Crippen molar-refractivity contribution in [2.24, 2.45) is 0 Å². The summed E-state index contributed by atoms with van der Waals surface area (Å²) in [6, 6.07) is 6.95. The van der Waals surface area contributed by atoms with Gasteiger partial charge in [0.05, 0.1) is 4.92 Å². The number of nitrogens with one attached hydrogen (secondary N) is 1. The predicted octanol–water partition coefficient (Wildman–Crippen LogP) is 2.24. The molecule has 1 aliphatic rings. The fourth-order valence-electron chi connectivity index (χ4n) is 2.29. The number of non-ortho nitro benzene ring substituents is 1. The average Bonchev–Trinajstić information content (AvgIpc) is 2.30. The quantitative estimate of drug-likeness (QED) is 0.614. The van der Waals surface area contributed by atoms with Crippen molar-refractivity contribution in [2.75, 3.05) is 13.1 Å². The smallest absolute Gasteiger partial charge is 0.269 e. The van der Waals surface area contributed by atoms with E-state index >= 15 is 0 Å². The molecule has 1 N–H and O–H groups in total. The Morgan fingerprint density at radius 3 is 2.56 bits per heavy atom. The molecule has 1 heterocycles. The van der Waals surface area contributed by atoms with Crippen LogP contribution in [0.5, 0.6) is 0 Å². The Labute approximate surface area is 94.8 Å². The van der Waals surface area contributed by atoms with Crippen molar-refractivity contribution in [3.63, 3.8) is 0 Å². The van der Waals surface area contributed by atoms with Crippen LogP contribution in [0.1, 0.15) is 25.3 Å². The van der Waals surface area contributed by atoms with Crippen LogP contribution >= 0.6 is 0 Å². The largest absolute Gasteiger partial charge is 0.316 e. The average molecular weight is 220 g/mol. The summed E-state index contributed by atoms with van der Waals surface area (Å²) < 4.78 is 0. The first kappa shape index (κ1) is 11.1. The molecule has 4 nitrogen and oxygen atoms in total. The van der Waals surface area contributed by atoms with E-state index in [1.165, 1.54) is 5.56 Å². The highest BCUT2D eigenvalue weighted by atomic mass is 16.6. The molecule has 0 spiro atoms. The predicted molar refractivity (Wildman–Crippen MR) is 62.6 cm³/mol. The summed E-state index contributed by atoms with van der Waals surface area (Å²) in [6.07, 6.45) is 2.30. The highest BCUT2D eigenvalue weighted by Gasteiger charge is 2.28. The second kappa shape index (κ2) is 4.22. The molecular formula is C12H16N2O2. The molecule has 0 amide bonds. The number of nitrogens with zero attached hydrogens (tertiary/aromatic N) is 1. The van der Waals surface area contributed by atoms with E-state index in [4.69, 9.17) is 0 Å². The highest BCUT2D eigenvalue weighted by Crippen LogP contribution is 2.31. The zero-order valence-electron chi connectivity index (χ0n) is 9.40.